The Bertz CT molecular complexity index is 2160. The minimum Gasteiger partial charge on any atom is -0.413 e. The van der Waals surface area contributed by atoms with Gasteiger partial charge in [0.05, 0.1) is 25.4 Å². The Morgan fingerprint density at radius 3 is 1.78 bits per heavy atom. The van der Waals surface area contributed by atoms with E-state index in [9.17, 15) is 33.2 Å². The number of aliphatic hydroxyl groups excluding tert-OH is 1. The van der Waals surface area contributed by atoms with Crippen molar-refractivity contribution in [2.45, 2.75) is 89.5 Å². The molecule has 2 aromatic heterocycles. The van der Waals surface area contributed by atoms with E-state index in [0.717, 1.165) is 21.3 Å². The quantitative estimate of drug-likeness (QED) is 0.205. The summed E-state index contributed by atoms with van der Waals surface area (Å²) in [6.45, 7) is 8.69. The van der Waals surface area contributed by atoms with Crippen molar-refractivity contribution in [3.05, 3.63) is 96.5 Å². The van der Waals surface area contributed by atoms with E-state index < -0.39 is 77.1 Å². The Labute approximate surface area is 306 Å². The van der Waals surface area contributed by atoms with E-state index in [2.05, 4.69) is 15.1 Å². The first-order valence-electron chi connectivity index (χ1n) is 17.0. The van der Waals surface area contributed by atoms with Crippen LogP contribution >= 0.6 is 7.75 Å². The van der Waals surface area contributed by atoms with Crippen LogP contribution in [0.4, 0.5) is 8.78 Å². The van der Waals surface area contributed by atoms with Crippen molar-refractivity contribution >= 4 is 13.9 Å². The topological polar surface area (TPSA) is 230 Å². The normalized spacial score (nSPS) is 33.1. The number of rotatable bonds is 11. The van der Waals surface area contributed by atoms with E-state index in [1.54, 1.807) is 38.1 Å². The fourth-order valence-corrected chi connectivity index (χ4v) is 8.56. The minimum atomic E-state index is -3.84. The smallest absolute Gasteiger partial charge is 0.413 e. The van der Waals surface area contributed by atoms with Crippen LogP contribution < -0.4 is 32.1 Å². The molecule has 3 aromatic rings. The number of benzene rings is 1. The number of alkyl halides is 2. The van der Waals surface area contributed by atoms with E-state index in [4.69, 9.17) is 28.1 Å². The Morgan fingerprint density at radius 2 is 1.35 bits per heavy atom. The minimum absolute atomic E-state index is 0.143. The summed E-state index contributed by atoms with van der Waals surface area (Å²) in [7, 11) is -3.84. The third-order valence-electron chi connectivity index (χ3n) is 10.8. The van der Waals surface area contributed by atoms with Crippen molar-refractivity contribution < 1.29 is 46.6 Å². The van der Waals surface area contributed by atoms with Gasteiger partial charge in [-0.1, -0.05) is 45.9 Å². The van der Waals surface area contributed by atoms with Crippen molar-refractivity contribution in [1.82, 2.24) is 24.2 Å². The lowest BCUT2D eigenvalue weighted by atomic mass is 10.0. The molecule has 0 radical (unpaired) electrons. The second-order valence-electron chi connectivity index (χ2n) is 14.5. The molecule has 17 nitrogen and oxygen atoms in total. The van der Waals surface area contributed by atoms with Gasteiger partial charge in [0.2, 0.25) is 0 Å². The molecule has 2 unspecified atom stereocenters. The van der Waals surface area contributed by atoms with Crippen molar-refractivity contribution in [2.24, 2.45) is 16.7 Å². The van der Waals surface area contributed by atoms with Gasteiger partial charge in [0, 0.05) is 41.4 Å². The number of hydrogen-bond acceptors (Lipinski definition) is 12. The SMILES string of the molecule is CC(C)[C@H](C)N[P@](=O)(OC[C@H]1OC(n2ccc(=O)[nH]c2=O)[C@@]2(F)C[C@]12C)Oc1ccccc1.C[C@]12C[C@]1(F)C(n1ccc(=O)[nH]c1=O)O[C@@H]2CO.O=C=O. The number of ether oxygens (including phenoxy) is 2. The van der Waals surface area contributed by atoms with Gasteiger partial charge in [0.15, 0.2) is 23.8 Å². The number of hydrogen-bond donors (Lipinski definition) is 4. The second-order valence-corrected chi connectivity index (χ2v) is 16.2. The summed E-state index contributed by atoms with van der Waals surface area (Å²) in [4.78, 5) is 66.6. The first kappa shape index (κ1) is 40.8. The highest BCUT2D eigenvalue weighted by Crippen LogP contribution is 2.73. The van der Waals surface area contributed by atoms with Crippen molar-refractivity contribution in [1.29, 1.82) is 0 Å². The Kier molecular flexibility index (Phi) is 11.4. The van der Waals surface area contributed by atoms with Gasteiger partial charge in [-0.25, -0.2) is 28.0 Å². The molecule has 2 aliphatic heterocycles. The molecule has 2 saturated heterocycles. The summed E-state index contributed by atoms with van der Waals surface area (Å²) in [5.41, 5.74) is -7.77. The number of aliphatic hydroxyl groups is 1. The zero-order valence-corrected chi connectivity index (χ0v) is 30.9. The largest absolute Gasteiger partial charge is 0.459 e. The monoisotopic (exact) mass is 781 g/mol. The molecular formula is C34H42F2N5O12P. The first-order chi connectivity index (χ1) is 25.3. The van der Waals surface area contributed by atoms with Gasteiger partial charge < -0.3 is 19.1 Å². The predicted octanol–water partition coefficient (Wildman–Crippen LogP) is 2.35. The molecule has 294 valence electrons. The lowest BCUT2D eigenvalue weighted by Gasteiger charge is -2.27. The van der Waals surface area contributed by atoms with E-state index in [-0.39, 0.29) is 44.2 Å². The number of nitrogens with zero attached hydrogens (tertiary/aromatic N) is 2. The number of H-pyrrole nitrogens is 2. The van der Waals surface area contributed by atoms with Crippen LogP contribution in [0.1, 0.15) is 59.9 Å². The van der Waals surface area contributed by atoms with E-state index in [1.165, 1.54) is 12.4 Å². The predicted molar refractivity (Wildman–Crippen MR) is 184 cm³/mol. The molecule has 4 N–H and O–H groups in total. The molecule has 2 aliphatic carbocycles. The molecule has 7 rings (SSSR count). The van der Waals surface area contributed by atoms with Crippen molar-refractivity contribution in [2.75, 3.05) is 13.2 Å². The second kappa shape index (κ2) is 15.1. The number of carbonyl (C=O) groups excluding carboxylic acids is 2. The average molecular weight is 782 g/mol. The molecule has 4 aliphatic rings. The van der Waals surface area contributed by atoms with Gasteiger partial charge >= 0.3 is 25.3 Å². The average Bonchev–Trinajstić information content (AvgIpc) is 3.82. The number of fused-ring (bicyclic) bond motifs is 2. The third-order valence-corrected chi connectivity index (χ3v) is 12.5. The lowest BCUT2D eigenvalue weighted by molar-refractivity contribution is -0.191. The summed E-state index contributed by atoms with van der Waals surface area (Å²) in [5.74, 6) is 0.520. The third kappa shape index (κ3) is 7.49. The molecule has 4 fully saturated rings. The number of nitrogens with one attached hydrogen (secondary N) is 3. The highest BCUT2D eigenvalue weighted by molar-refractivity contribution is 7.52. The maximum Gasteiger partial charge on any atom is 0.459 e. The highest BCUT2D eigenvalue weighted by atomic mass is 31.2. The molecule has 54 heavy (non-hydrogen) atoms. The first-order valence-corrected chi connectivity index (χ1v) is 18.5. The summed E-state index contributed by atoms with van der Waals surface area (Å²) in [6.07, 6.45) is -0.676. The summed E-state index contributed by atoms with van der Waals surface area (Å²) >= 11 is 0. The van der Waals surface area contributed by atoms with E-state index >= 15 is 4.39 Å². The zero-order valence-electron chi connectivity index (χ0n) is 30.0. The molecule has 4 heterocycles. The molecule has 10 atom stereocenters. The Morgan fingerprint density at radius 1 is 0.889 bits per heavy atom. The number of para-hydroxylation sites is 1. The summed E-state index contributed by atoms with van der Waals surface area (Å²) < 4.78 is 68.7. The van der Waals surface area contributed by atoms with Crippen LogP contribution in [-0.2, 0) is 28.2 Å². The zero-order chi connectivity index (χ0) is 39.9. The Hall–Kier alpha value is -4.35. The molecule has 1 aromatic carbocycles. The molecule has 20 heteroatoms. The maximum absolute atomic E-state index is 15.7. The van der Waals surface area contributed by atoms with Gasteiger partial charge in [-0.05, 0) is 37.8 Å². The molecule has 2 saturated carbocycles. The molecule has 0 bridgehead atoms. The molecular weight excluding hydrogens is 739 g/mol. The summed E-state index contributed by atoms with van der Waals surface area (Å²) in [5, 5.41) is 12.1. The standard InChI is InChI=1S/C22H29FN3O6P.C11H13FN2O4.CO2/c1-14(2)15(3)25-33(29,32-16-8-6-5-7-9-16)30-12-17-21(4)13-22(21,23)19(31-17)26-11-10-18(27)24-20(26)28;1-10-5-11(10,12)8(18-6(10)4-15)14-3-2-7(16)13-9(14)17;2-1-3/h5-11,14-15,17,19H,12-13H2,1-4H3,(H,25,29)(H,24,27,28);2-3,6,8,15H,4-5H2,1H3,(H,13,16,17);/t15-,17+,19?,21+,22-,33-;6-,8?,10-,11+;/m01./s1. The van der Waals surface area contributed by atoms with Crippen LogP contribution in [0.5, 0.6) is 5.75 Å². The van der Waals surface area contributed by atoms with Crippen molar-refractivity contribution in [3.8, 4) is 5.75 Å². The number of aromatic nitrogens is 4. The Balaban J connectivity index is 0.000000223. The fourth-order valence-electron chi connectivity index (χ4n) is 6.85. The van der Waals surface area contributed by atoms with Gasteiger partial charge in [-0.3, -0.25) is 33.2 Å². The van der Waals surface area contributed by atoms with Gasteiger partial charge in [0.1, 0.15) is 5.75 Å². The van der Waals surface area contributed by atoms with Crippen LogP contribution in [0.2, 0.25) is 0 Å². The van der Waals surface area contributed by atoms with Crippen LogP contribution in [0.15, 0.2) is 74.0 Å². The van der Waals surface area contributed by atoms with Gasteiger partial charge in [-0.2, -0.15) is 9.59 Å². The van der Waals surface area contributed by atoms with Crippen molar-refractivity contribution in [3.63, 3.8) is 0 Å². The van der Waals surface area contributed by atoms with Crippen LogP contribution in [0, 0.1) is 16.7 Å². The summed E-state index contributed by atoms with van der Waals surface area (Å²) in [6, 6.07) is 10.7. The lowest BCUT2D eigenvalue weighted by Crippen LogP contribution is -2.36. The van der Waals surface area contributed by atoms with Gasteiger partial charge in [-0.15, -0.1) is 0 Å². The van der Waals surface area contributed by atoms with Crippen LogP contribution in [0.25, 0.3) is 0 Å². The number of aromatic amines is 2. The highest BCUT2D eigenvalue weighted by Gasteiger charge is 2.80. The molecule has 0 amide bonds. The van der Waals surface area contributed by atoms with Crippen LogP contribution in [0.3, 0.4) is 0 Å². The molecule has 0 spiro atoms. The fraction of sp³-hybridized carbons (Fsp3) is 0.559. The van der Waals surface area contributed by atoms with Crippen LogP contribution in [-0.4, -0.2) is 73.2 Å². The van der Waals surface area contributed by atoms with E-state index in [1.807, 2.05) is 26.8 Å². The number of halogens is 2. The van der Waals surface area contributed by atoms with Gasteiger partial charge in [0.25, 0.3) is 11.1 Å². The van der Waals surface area contributed by atoms with E-state index in [0.29, 0.717) is 5.75 Å². The maximum atomic E-state index is 15.7.